The third-order valence-corrected chi connectivity index (χ3v) is 1.69. The molecule has 0 unspecified atom stereocenters. The Morgan fingerprint density at radius 3 is 2.64 bits per heavy atom. The largest absolute Gasteiger partial charge is 0.456 e. The van der Waals surface area contributed by atoms with Crippen LogP contribution in [0.4, 0.5) is 0 Å². The molecule has 0 bridgehead atoms. The molecule has 0 atom stereocenters. The van der Waals surface area contributed by atoms with Gasteiger partial charge in [-0.25, -0.2) is 4.79 Å². The molecule has 3 nitrogen and oxygen atoms in total. The maximum atomic E-state index is 10.8. The molecule has 0 aromatic heterocycles. The van der Waals surface area contributed by atoms with Gasteiger partial charge in [-0.05, 0) is 0 Å². The Kier molecular flexibility index (Phi) is 2.23. The van der Waals surface area contributed by atoms with Gasteiger partial charge in [0.2, 0.25) is 5.79 Å². The molecule has 0 spiro atoms. The minimum Gasteiger partial charge on any atom is -0.456 e. The summed E-state index contributed by atoms with van der Waals surface area (Å²) in [6.07, 6.45) is 1.33. The average molecular weight is 221 g/mol. The van der Waals surface area contributed by atoms with Crippen molar-refractivity contribution in [2.75, 3.05) is 5.33 Å². The lowest BCUT2D eigenvalue weighted by atomic mass is 10.3. The zero-order chi connectivity index (χ0) is 8.48. The summed E-state index contributed by atoms with van der Waals surface area (Å²) in [5.74, 6) is -0.573. The number of carbonyl (C=O) groups excluding carboxylic acids is 1. The third kappa shape index (κ3) is 2.22. The lowest BCUT2D eigenvalue weighted by Crippen LogP contribution is -2.34. The van der Waals surface area contributed by atoms with Crippen LogP contribution in [0.3, 0.4) is 0 Å². The Morgan fingerprint density at radius 1 is 1.55 bits per heavy atom. The molecule has 0 aliphatic carbocycles. The molecule has 4 heteroatoms. The van der Waals surface area contributed by atoms with Gasteiger partial charge in [-0.3, -0.25) is 0 Å². The summed E-state index contributed by atoms with van der Waals surface area (Å²) in [7, 11) is 0. The lowest BCUT2D eigenvalue weighted by Gasteiger charge is -2.29. The van der Waals surface area contributed by atoms with Gasteiger partial charge in [0, 0.05) is 13.8 Å². The Labute approximate surface area is 73.5 Å². The zero-order valence-electron chi connectivity index (χ0n) is 6.39. The molecule has 1 aliphatic heterocycles. The number of ether oxygens (including phenoxy) is 2. The van der Waals surface area contributed by atoms with E-state index >= 15 is 0 Å². The molecule has 0 aromatic carbocycles. The number of allylic oxidation sites excluding steroid dienone is 1. The van der Waals surface area contributed by atoms with Gasteiger partial charge in [0.05, 0.1) is 11.4 Å². The van der Waals surface area contributed by atoms with E-state index in [1.54, 1.807) is 13.8 Å². The number of cyclic esters (lactones) is 1. The molecule has 11 heavy (non-hydrogen) atoms. The number of rotatable bonds is 1. The van der Waals surface area contributed by atoms with E-state index in [4.69, 9.17) is 9.47 Å². The van der Waals surface area contributed by atoms with E-state index in [1.807, 2.05) is 0 Å². The van der Waals surface area contributed by atoms with E-state index in [9.17, 15) is 4.79 Å². The van der Waals surface area contributed by atoms with Crippen molar-refractivity contribution in [2.45, 2.75) is 19.6 Å². The van der Waals surface area contributed by atoms with Crippen molar-refractivity contribution in [1.29, 1.82) is 0 Å². The van der Waals surface area contributed by atoms with E-state index < -0.39 is 5.79 Å². The lowest BCUT2D eigenvalue weighted by molar-refractivity contribution is -0.204. The highest BCUT2D eigenvalue weighted by molar-refractivity contribution is 9.09. The first-order chi connectivity index (χ1) is 5.03. The van der Waals surface area contributed by atoms with Gasteiger partial charge in [0.25, 0.3) is 0 Å². The van der Waals surface area contributed by atoms with Crippen molar-refractivity contribution in [3.8, 4) is 0 Å². The van der Waals surface area contributed by atoms with Crippen molar-refractivity contribution < 1.29 is 14.3 Å². The van der Waals surface area contributed by atoms with Gasteiger partial charge < -0.3 is 9.47 Å². The van der Waals surface area contributed by atoms with Gasteiger partial charge in [-0.1, -0.05) is 15.9 Å². The molecular weight excluding hydrogens is 212 g/mol. The Hall–Kier alpha value is -0.510. The molecule has 0 radical (unpaired) electrons. The third-order valence-electron chi connectivity index (χ3n) is 1.13. The molecule has 62 valence electrons. The quantitative estimate of drug-likeness (QED) is 0.498. The first-order valence-electron chi connectivity index (χ1n) is 3.22. The highest BCUT2D eigenvalue weighted by atomic mass is 79.9. The number of carbonyl (C=O) groups is 1. The number of alkyl halides is 1. The first-order valence-corrected chi connectivity index (χ1v) is 4.34. The van der Waals surface area contributed by atoms with E-state index in [-0.39, 0.29) is 5.97 Å². The predicted molar refractivity (Wildman–Crippen MR) is 43.1 cm³/mol. The topological polar surface area (TPSA) is 35.5 Å². The summed E-state index contributed by atoms with van der Waals surface area (Å²) in [6, 6.07) is 0. The number of hydrogen-bond donors (Lipinski definition) is 0. The van der Waals surface area contributed by atoms with Crippen LogP contribution in [0.1, 0.15) is 13.8 Å². The summed E-state index contributed by atoms with van der Waals surface area (Å²) in [5, 5.41) is 0.533. The molecule has 0 saturated carbocycles. The van der Waals surface area contributed by atoms with Gasteiger partial charge >= 0.3 is 5.97 Å². The summed E-state index contributed by atoms with van der Waals surface area (Å²) in [4.78, 5) is 10.8. The maximum Gasteiger partial charge on any atom is 0.337 e. The Bertz CT molecular complexity index is 208. The minimum absolute atomic E-state index is 0.351. The molecule has 0 N–H and O–H groups in total. The van der Waals surface area contributed by atoms with Crippen LogP contribution in [-0.2, 0) is 14.3 Å². The smallest absolute Gasteiger partial charge is 0.337 e. The van der Waals surface area contributed by atoms with Crippen LogP contribution in [-0.4, -0.2) is 17.1 Å². The van der Waals surface area contributed by atoms with Crippen LogP contribution >= 0.6 is 15.9 Å². The summed E-state index contributed by atoms with van der Waals surface area (Å²) in [6.45, 7) is 3.39. The van der Waals surface area contributed by atoms with Crippen LogP contribution in [0, 0.1) is 0 Å². The average Bonchev–Trinajstić information content (AvgIpc) is 1.83. The highest BCUT2D eigenvalue weighted by Crippen LogP contribution is 2.22. The van der Waals surface area contributed by atoms with Crippen molar-refractivity contribution in [1.82, 2.24) is 0 Å². The zero-order valence-corrected chi connectivity index (χ0v) is 7.97. The Morgan fingerprint density at radius 2 is 2.18 bits per heavy atom. The molecule has 1 heterocycles. The SMILES string of the molecule is CC1(C)OC(=O)C=C(CBr)O1. The van der Waals surface area contributed by atoms with E-state index in [1.165, 1.54) is 6.08 Å². The molecule has 0 fully saturated rings. The van der Waals surface area contributed by atoms with Gasteiger partial charge in [-0.15, -0.1) is 0 Å². The first kappa shape index (κ1) is 8.59. The van der Waals surface area contributed by atoms with Crippen LogP contribution in [0.2, 0.25) is 0 Å². The number of esters is 1. The van der Waals surface area contributed by atoms with Crippen LogP contribution in [0.15, 0.2) is 11.8 Å². The molecule has 1 aliphatic rings. The second kappa shape index (κ2) is 2.85. The molecular formula is C7H9BrO3. The molecule has 0 amide bonds. The van der Waals surface area contributed by atoms with Crippen molar-refractivity contribution in [2.24, 2.45) is 0 Å². The summed E-state index contributed by atoms with van der Waals surface area (Å²) < 4.78 is 10.1. The van der Waals surface area contributed by atoms with Crippen LogP contribution < -0.4 is 0 Å². The standard InChI is InChI=1S/C7H9BrO3/c1-7(2)10-5(4-8)3-6(9)11-7/h3H,4H2,1-2H3. The summed E-state index contributed by atoms with van der Waals surface area (Å²) in [5.41, 5.74) is 0. The monoisotopic (exact) mass is 220 g/mol. The molecule has 1 rings (SSSR count). The Balaban J connectivity index is 2.78. The van der Waals surface area contributed by atoms with Gasteiger partial charge in [0.15, 0.2) is 0 Å². The normalized spacial score (nSPS) is 21.7. The van der Waals surface area contributed by atoms with E-state index in [2.05, 4.69) is 15.9 Å². The van der Waals surface area contributed by atoms with Crippen LogP contribution in [0.25, 0.3) is 0 Å². The van der Waals surface area contributed by atoms with Crippen molar-refractivity contribution in [3.05, 3.63) is 11.8 Å². The summed E-state index contributed by atoms with van der Waals surface area (Å²) >= 11 is 3.19. The van der Waals surface area contributed by atoms with Gasteiger partial charge in [0.1, 0.15) is 5.76 Å². The number of halogens is 1. The van der Waals surface area contributed by atoms with E-state index in [0.29, 0.717) is 11.1 Å². The van der Waals surface area contributed by atoms with Gasteiger partial charge in [-0.2, -0.15) is 0 Å². The fraction of sp³-hybridized carbons (Fsp3) is 0.571. The van der Waals surface area contributed by atoms with Crippen LogP contribution in [0.5, 0.6) is 0 Å². The van der Waals surface area contributed by atoms with Crippen molar-refractivity contribution >= 4 is 21.9 Å². The molecule has 0 aromatic rings. The maximum absolute atomic E-state index is 10.8. The number of hydrogen-bond acceptors (Lipinski definition) is 3. The fourth-order valence-electron chi connectivity index (χ4n) is 0.835. The molecule has 0 saturated heterocycles. The van der Waals surface area contributed by atoms with Crippen molar-refractivity contribution in [3.63, 3.8) is 0 Å². The second-order valence-corrected chi connectivity index (χ2v) is 3.23. The fourth-order valence-corrected chi connectivity index (χ4v) is 1.11. The second-order valence-electron chi connectivity index (χ2n) is 2.67. The predicted octanol–water partition coefficient (Wildman–Crippen LogP) is 1.57. The highest BCUT2D eigenvalue weighted by Gasteiger charge is 2.29. The van der Waals surface area contributed by atoms with E-state index in [0.717, 1.165) is 0 Å². The minimum atomic E-state index is -0.824.